The van der Waals surface area contributed by atoms with E-state index < -0.39 is 0 Å². The summed E-state index contributed by atoms with van der Waals surface area (Å²) in [6.45, 7) is 16.6. The average molecular weight is 743 g/mol. The monoisotopic (exact) mass is 742 g/mol. The molecule has 2 aliphatic rings. The zero-order valence-corrected chi connectivity index (χ0v) is 34.4. The lowest BCUT2D eigenvalue weighted by atomic mass is 9.78. The first-order valence-electron chi connectivity index (χ1n) is 21.0. The van der Waals surface area contributed by atoms with Gasteiger partial charge in [0.2, 0.25) is 0 Å². The summed E-state index contributed by atoms with van der Waals surface area (Å²) in [6, 6.07) is 58.6. The fourth-order valence-electron chi connectivity index (χ4n) is 11.2. The smallest absolute Gasteiger partial charge is 0.0159 e. The Morgan fingerprint density at radius 3 is 1.55 bits per heavy atom. The van der Waals surface area contributed by atoms with Crippen molar-refractivity contribution in [3.63, 3.8) is 0 Å². The maximum atomic E-state index is 2.56. The van der Waals surface area contributed by atoms with E-state index in [4.69, 9.17) is 0 Å². The van der Waals surface area contributed by atoms with Crippen LogP contribution in [0.2, 0.25) is 0 Å². The quantitative estimate of drug-likeness (QED) is 0.155. The zero-order valence-electron chi connectivity index (χ0n) is 34.4. The van der Waals surface area contributed by atoms with Crippen LogP contribution in [0.3, 0.4) is 0 Å². The van der Waals surface area contributed by atoms with Crippen LogP contribution >= 0.6 is 0 Å². The van der Waals surface area contributed by atoms with Crippen LogP contribution in [0.15, 0.2) is 152 Å². The Hall–Kier alpha value is -6.24. The minimum Gasteiger partial charge on any atom is -0.0619 e. The van der Waals surface area contributed by atoms with Gasteiger partial charge in [-0.2, -0.15) is 0 Å². The predicted molar refractivity (Wildman–Crippen MR) is 250 cm³/mol. The van der Waals surface area contributed by atoms with Crippen LogP contribution in [-0.2, 0) is 16.2 Å². The molecule has 278 valence electrons. The van der Waals surface area contributed by atoms with Crippen molar-refractivity contribution in [2.24, 2.45) is 0 Å². The maximum Gasteiger partial charge on any atom is 0.0159 e. The van der Waals surface area contributed by atoms with Crippen molar-refractivity contribution in [3.8, 4) is 44.5 Å². The van der Waals surface area contributed by atoms with E-state index >= 15 is 0 Å². The second-order valence-corrected chi connectivity index (χ2v) is 19.3. The summed E-state index contributed by atoms with van der Waals surface area (Å²) in [5, 5.41) is 13.3. The molecule has 0 heteroatoms. The van der Waals surface area contributed by atoms with Crippen LogP contribution in [0.25, 0.3) is 98.4 Å². The zero-order chi connectivity index (χ0) is 39.5. The third kappa shape index (κ3) is 4.36. The molecule has 10 aromatic carbocycles. The summed E-state index contributed by atoms with van der Waals surface area (Å²) in [4.78, 5) is 0. The molecule has 0 bridgehead atoms. The molecule has 0 heterocycles. The predicted octanol–water partition coefficient (Wildman–Crippen LogP) is 16.1. The van der Waals surface area contributed by atoms with E-state index in [1.807, 2.05) is 0 Å². The summed E-state index contributed by atoms with van der Waals surface area (Å²) in [6.07, 6.45) is 0. The lowest BCUT2D eigenvalue weighted by Crippen LogP contribution is -2.16. The molecule has 12 rings (SSSR count). The number of rotatable bonds is 2. The Morgan fingerprint density at radius 1 is 0.345 bits per heavy atom. The van der Waals surface area contributed by atoms with Gasteiger partial charge in [-0.3, -0.25) is 0 Å². The Bertz CT molecular complexity index is 3400. The van der Waals surface area contributed by atoms with E-state index in [0.717, 1.165) is 0 Å². The van der Waals surface area contributed by atoms with Crippen LogP contribution in [0.1, 0.15) is 76.3 Å². The Balaban J connectivity index is 1.10. The van der Waals surface area contributed by atoms with E-state index in [9.17, 15) is 0 Å². The summed E-state index contributed by atoms with van der Waals surface area (Å²) in [7, 11) is 0. The largest absolute Gasteiger partial charge is 0.0619 e. The molecule has 0 unspecified atom stereocenters. The van der Waals surface area contributed by atoms with Gasteiger partial charge in [-0.15, -0.1) is 0 Å². The summed E-state index contributed by atoms with van der Waals surface area (Å²) in [5.74, 6) is 0. The second-order valence-electron chi connectivity index (χ2n) is 19.3. The molecule has 10 aromatic rings. The first kappa shape index (κ1) is 33.9. The van der Waals surface area contributed by atoms with Crippen molar-refractivity contribution in [1.82, 2.24) is 0 Å². The van der Waals surface area contributed by atoms with Gasteiger partial charge in [-0.05, 0) is 150 Å². The fourth-order valence-corrected chi connectivity index (χ4v) is 11.2. The van der Waals surface area contributed by atoms with Crippen molar-refractivity contribution in [2.75, 3.05) is 0 Å². The highest BCUT2D eigenvalue weighted by atomic mass is 14.4. The lowest BCUT2D eigenvalue weighted by molar-refractivity contribution is 0.591. The van der Waals surface area contributed by atoms with Gasteiger partial charge in [-0.1, -0.05) is 182 Å². The highest BCUT2D eigenvalue weighted by molar-refractivity contribution is 6.27. The van der Waals surface area contributed by atoms with E-state index in [2.05, 4.69) is 200 Å². The number of hydrogen-bond acceptors (Lipinski definition) is 0. The first-order valence-corrected chi connectivity index (χ1v) is 21.0. The molecule has 0 aliphatic heterocycles. The van der Waals surface area contributed by atoms with E-state index in [-0.39, 0.29) is 16.2 Å². The van der Waals surface area contributed by atoms with E-state index in [0.29, 0.717) is 0 Å². The number of hydrogen-bond donors (Lipinski definition) is 0. The van der Waals surface area contributed by atoms with Crippen molar-refractivity contribution < 1.29 is 0 Å². The average Bonchev–Trinajstić information content (AvgIpc) is 3.60. The molecular weight excluding hydrogens is 697 g/mol. The third-order valence-corrected chi connectivity index (χ3v) is 14.3. The standard InChI is InChI=1S/C58H46/c1-56(2,3)37-28-35-21-20-33-22-25-40(45-27-24-36(29-37)52(35)53(33)45)47-32-51-55(44-18-11-9-15-39(44)47)54-43-17-10-8-14-38(43)46(31-50(54)58(51,6)7)34-23-26-42-41-16-12-13-19-48(41)57(4,5)49(42)30-34/h8-32H,1-7H3. The van der Waals surface area contributed by atoms with Gasteiger partial charge in [0, 0.05) is 10.8 Å². The SMILES string of the molecule is CC(C)(C)c1cc2ccc3ccc(-c4cc5c(c6ccccc46)-c4c(cc(-c6ccc7c(c6)C(C)(C)c6ccccc6-7)c6ccccc46)C5(C)C)c4ccc(c1)c2c34. The molecule has 0 N–H and O–H groups in total. The van der Waals surface area contributed by atoms with Gasteiger partial charge in [0.25, 0.3) is 0 Å². The molecule has 2 aliphatic carbocycles. The molecule has 0 saturated heterocycles. The van der Waals surface area contributed by atoms with Crippen LogP contribution in [0.5, 0.6) is 0 Å². The topological polar surface area (TPSA) is 0 Å². The molecule has 0 atom stereocenters. The van der Waals surface area contributed by atoms with Crippen LogP contribution in [0, 0.1) is 0 Å². The highest BCUT2D eigenvalue weighted by Crippen LogP contribution is 2.58. The number of fused-ring (bicyclic) bond motifs is 10. The molecule has 0 amide bonds. The second kappa shape index (κ2) is 11.2. The minimum absolute atomic E-state index is 0.0558. The Morgan fingerprint density at radius 2 is 0.862 bits per heavy atom. The molecule has 0 spiro atoms. The molecule has 0 aromatic heterocycles. The maximum absolute atomic E-state index is 2.56. The molecular formula is C58H46. The van der Waals surface area contributed by atoms with Crippen LogP contribution in [0.4, 0.5) is 0 Å². The van der Waals surface area contributed by atoms with Gasteiger partial charge in [0.1, 0.15) is 0 Å². The minimum atomic E-state index is -0.221. The third-order valence-electron chi connectivity index (χ3n) is 14.3. The summed E-state index contributed by atoms with van der Waals surface area (Å²) < 4.78 is 0. The van der Waals surface area contributed by atoms with E-state index in [1.54, 1.807) is 0 Å². The highest BCUT2D eigenvalue weighted by Gasteiger charge is 2.40. The summed E-state index contributed by atoms with van der Waals surface area (Å²) >= 11 is 0. The summed E-state index contributed by atoms with van der Waals surface area (Å²) in [5.41, 5.74) is 17.6. The molecule has 0 fully saturated rings. The van der Waals surface area contributed by atoms with Gasteiger partial charge in [0.15, 0.2) is 0 Å². The van der Waals surface area contributed by atoms with Crippen molar-refractivity contribution in [3.05, 3.63) is 179 Å². The van der Waals surface area contributed by atoms with Crippen molar-refractivity contribution in [2.45, 2.75) is 64.7 Å². The van der Waals surface area contributed by atoms with Gasteiger partial charge in [-0.25, -0.2) is 0 Å². The van der Waals surface area contributed by atoms with Crippen LogP contribution < -0.4 is 0 Å². The van der Waals surface area contributed by atoms with Crippen LogP contribution in [-0.4, -0.2) is 0 Å². The van der Waals surface area contributed by atoms with Crippen molar-refractivity contribution in [1.29, 1.82) is 0 Å². The van der Waals surface area contributed by atoms with Crippen molar-refractivity contribution >= 4 is 53.9 Å². The van der Waals surface area contributed by atoms with E-state index in [1.165, 1.54) is 126 Å². The number of benzene rings is 10. The fraction of sp³-hybridized carbons (Fsp3) is 0.172. The molecule has 0 nitrogen and oxygen atoms in total. The molecule has 0 radical (unpaired) electrons. The molecule has 58 heavy (non-hydrogen) atoms. The van der Waals surface area contributed by atoms with Gasteiger partial charge < -0.3 is 0 Å². The molecule has 0 saturated carbocycles. The first-order chi connectivity index (χ1) is 27.9. The lowest BCUT2D eigenvalue weighted by Gasteiger charge is -2.25. The van der Waals surface area contributed by atoms with Gasteiger partial charge in [0.05, 0.1) is 0 Å². The Kier molecular flexibility index (Phi) is 6.56. The normalized spacial score (nSPS) is 15.1. The van der Waals surface area contributed by atoms with Gasteiger partial charge >= 0.3 is 0 Å². The Labute approximate surface area is 341 Å².